The van der Waals surface area contributed by atoms with Crippen LogP contribution in [0.4, 0.5) is 4.39 Å². The molecule has 0 radical (unpaired) electrons. The third-order valence-corrected chi connectivity index (χ3v) is 3.09. The van der Waals surface area contributed by atoms with Crippen LogP contribution in [0.2, 0.25) is 0 Å². The molecule has 1 heterocycles. The van der Waals surface area contributed by atoms with Crippen LogP contribution >= 0.6 is 0 Å². The van der Waals surface area contributed by atoms with E-state index in [0.29, 0.717) is 23.5 Å². The Morgan fingerprint density at radius 2 is 1.86 bits per heavy atom. The minimum Gasteiger partial charge on any atom is -0.385 e. The highest BCUT2D eigenvalue weighted by Gasteiger charge is 2.15. The second-order valence-corrected chi connectivity index (χ2v) is 6.07. The fourth-order valence-corrected chi connectivity index (χ4v) is 1.96. The van der Waals surface area contributed by atoms with Crippen LogP contribution in [0, 0.1) is 5.82 Å². The molecule has 2 N–H and O–H groups in total. The van der Waals surface area contributed by atoms with Gasteiger partial charge in [0.15, 0.2) is 0 Å². The monoisotopic (exact) mass is 288 g/mol. The molecule has 1 atom stereocenters. The number of aromatic nitrogens is 1. The molecule has 0 bridgehead atoms. The highest BCUT2D eigenvalue weighted by atomic mass is 19.1. The lowest BCUT2D eigenvalue weighted by Crippen LogP contribution is -2.38. The summed E-state index contributed by atoms with van der Waals surface area (Å²) in [7, 11) is 0. The highest BCUT2D eigenvalue weighted by Crippen LogP contribution is 2.22. The number of halogens is 1. The van der Waals surface area contributed by atoms with Gasteiger partial charge in [-0.3, -0.25) is 0 Å². The molecule has 0 aliphatic carbocycles. The molecule has 0 aliphatic rings. The van der Waals surface area contributed by atoms with E-state index in [0.717, 1.165) is 0 Å². The van der Waals surface area contributed by atoms with Gasteiger partial charge in [0.1, 0.15) is 11.9 Å². The summed E-state index contributed by atoms with van der Waals surface area (Å²) < 4.78 is 13.8. The van der Waals surface area contributed by atoms with Crippen molar-refractivity contribution in [3.8, 4) is 11.3 Å². The van der Waals surface area contributed by atoms with Gasteiger partial charge >= 0.3 is 0 Å². The fourth-order valence-electron chi connectivity index (χ4n) is 1.96. The predicted octanol–water partition coefficient (Wildman–Crippen LogP) is 3.31. The molecular formula is C17H21FN2O. The molecule has 0 unspecified atom stereocenters. The fraction of sp³-hybridized carbons (Fsp3) is 0.353. The maximum absolute atomic E-state index is 13.8. The van der Waals surface area contributed by atoms with Gasteiger partial charge in [-0.1, -0.05) is 18.2 Å². The maximum Gasteiger partial charge on any atom is 0.132 e. The van der Waals surface area contributed by atoms with Crippen molar-refractivity contribution in [2.75, 3.05) is 6.54 Å². The van der Waals surface area contributed by atoms with Crippen molar-refractivity contribution in [3.05, 3.63) is 54.0 Å². The summed E-state index contributed by atoms with van der Waals surface area (Å²) in [5.74, 6) is -0.315. The first kappa shape index (κ1) is 15.6. The third-order valence-electron chi connectivity index (χ3n) is 3.09. The van der Waals surface area contributed by atoms with Crippen molar-refractivity contribution in [3.63, 3.8) is 0 Å². The molecule has 1 aromatic heterocycles. The number of aliphatic hydroxyl groups excluding tert-OH is 1. The first-order chi connectivity index (χ1) is 9.87. The van der Waals surface area contributed by atoms with Crippen LogP contribution in [0.1, 0.15) is 32.6 Å². The largest absolute Gasteiger partial charge is 0.385 e. The Morgan fingerprint density at radius 1 is 1.14 bits per heavy atom. The number of nitrogens with zero attached hydrogens (tertiary/aromatic N) is 1. The summed E-state index contributed by atoms with van der Waals surface area (Å²) in [6.45, 7) is 6.49. The molecule has 112 valence electrons. The zero-order valence-electron chi connectivity index (χ0n) is 12.6. The van der Waals surface area contributed by atoms with Gasteiger partial charge in [0, 0.05) is 17.6 Å². The molecule has 2 aromatic rings. The Morgan fingerprint density at radius 3 is 2.52 bits per heavy atom. The van der Waals surface area contributed by atoms with Crippen LogP contribution in [-0.4, -0.2) is 22.2 Å². The smallest absolute Gasteiger partial charge is 0.132 e. The topological polar surface area (TPSA) is 45.1 Å². The molecule has 2 rings (SSSR count). The molecule has 4 heteroatoms. The summed E-state index contributed by atoms with van der Waals surface area (Å²) in [5, 5.41) is 13.4. The number of β-amino-alcohol motifs (C(OH)–C–C–N with tert-alkyl or cyclic N) is 1. The summed E-state index contributed by atoms with van der Waals surface area (Å²) in [5.41, 5.74) is 1.42. The summed E-state index contributed by atoms with van der Waals surface area (Å²) in [6, 6.07) is 11.8. The second kappa shape index (κ2) is 6.33. The molecule has 0 aliphatic heterocycles. The summed E-state index contributed by atoms with van der Waals surface area (Å²) in [6.07, 6.45) is -0.726. The first-order valence-electron chi connectivity index (χ1n) is 7.02. The van der Waals surface area contributed by atoms with Crippen LogP contribution in [0.15, 0.2) is 42.5 Å². The molecule has 0 amide bonds. The maximum atomic E-state index is 13.8. The normalized spacial score (nSPS) is 13.2. The molecule has 0 fully saturated rings. The van der Waals surface area contributed by atoms with E-state index in [4.69, 9.17) is 0 Å². The highest BCUT2D eigenvalue weighted by molar-refractivity contribution is 5.59. The zero-order chi connectivity index (χ0) is 15.5. The van der Waals surface area contributed by atoms with Crippen molar-refractivity contribution in [1.29, 1.82) is 0 Å². The minimum atomic E-state index is -0.726. The molecule has 1 aromatic carbocycles. The van der Waals surface area contributed by atoms with E-state index in [2.05, 4.69) is 10.3 Å². The average Bonchev–Trinajstić information content (AvgIpc) is 2.44. The average molecular weight is 288 g/mol. The number of rotatable bonds is 4. The van der Waals surface area contributed by atoms with Crippen LogP contribution in [-0.2, 0) is 0 Å². The molecule has 0 saturated heterocycles. The number of benzene rings is 1. The van der Waals surface area contributed by atoms with Gasteiger partial charge in [-0.25, -0.2) is 9.37 Å². The summed E-state index contributed by atoms with van der Waals surface area (Å²) in [4.78, 5) is 4.37. The van der Waals surface area contributed by atoms with E-state index < -0.39 is 6.10 Å². The Kier molecular flexibility index (Phi) is 4.70. The van der Waals surface area contributed by atoms with Gasteiger partial charge in [-0.15, -0.1) is 0 Å². The van der Waals surface area contributed by atoms with E-state index in [1.54, 1.807) is 36.4 Å². The molecule has 0 spiro atoms. The molecular weight excluding hydrogens is 267 g/mol. The number of hydrogen-bond acceptors (Lipinski definition) is 3. The van der Waals surface area contributed by atoms with Gasteiger partial charge in [0.2, 0.25) is 0 Å². The molecule has 0 saturated carbocycles. The van der Waals surface area contributed by atoms with E-state index in [9.17, 15) is 9.50 Å². The van der Waals surface area contributed by atoms with E-state index >= 15 is 0 Å². The minimum absolute atomic E-state index is 0.0792. The van der Waals surface area contributed by atoms with Crippen molar-refractivity contribution >= 4 is 0 Å². The molecule has 3 nitrogen and oxygen atoms in total. The van der Waals surface area contributed by atoms with Gasteiger partial charge in [-0.05, 0) is 45.0 Å². The Bertz CT molecular complexity index is 608. The summed E-state index contributed by atoms with van der Waals surface area (Å²) >= 11 is 0. The van der Waals surface area contributed by atoms with E-state index in [1.165, 1.54) is 6.07 Å². The number of hydrogen-bond donors (Lipinski definition) is 2. The van der Waals surface area contributed by atoms with Crippen LogP contribution in [0.3, 0.4) is 0 Å². The zero-order valence-corrected chi connectivity index (χ0v) is 12.6. The second-order valence-electron chi connectivity index (χ2n) is 6.07. The van der Waals surface area contributed by atoms with Crippen molar-refractivity contribution < 1.29 is 9.50 Å². The lowest BCUT2D eigenvalue weighted by molar-refractivity contribution is 0.159. The Balaban J connectivity index is 2.20. The van der Waals surface area contributed by atoms with Crippen molar-refractivity contribution in [2.45, 2.75) is 32.4 Å². The van der Waals surface area contributed by atoms with Gasteiger partial charge in [0.05, 0.1) is 11.4 Å². The first-order valence-corrected chi connectivity index (χ1v) is 7.02. The lowest BCUT2D eigenvalue weighted by Gasteiger charge is -2.22. The third kappa shape index (κ3) is 4.34. The number of pyridine rings is 1. The van der Waals surface area contributed by atoms with Crippen LogP contribution in [0.25, 0.3) is 11.3 Å². The predicted molar refractivity (Wildman–Crippen MR) is 82.3 cm³/mol. The van der Waals surface area contributed by atoms with Gasteiger partial charge in [0.25, 0.3) is 0 Å². The Labute approximate surface area is 124 Å². The van der Waals surface area contributed by atoms with E-state index in [1.807, 2.05) is 20.8 Å². The van der Waals surface area contributed by atoms with Crippen molar-refractivity contribution in [2.24, 2.45) is 0 Å². The van der Waals surface area contributed by atoms with Crippen molar-refractivity contribution in [1.82, 2.24) is 10.3 Å². The lowest BCUT2D eigenvalue weighted by atomic mass is 10.1. The van der Waals surface area contributed by atoms with Crippen LogP contribution in [0.5, 0.6) is 0 Å². The van der Waals surface area contributed by atoms with Gasteiger partial charge < -0.3 is 10.4 Å². The molecule has 21 heavy (non-hydrogen) atoms. The van der Waals surface area contributed by atoms with Crippen LogP contribution < -0.4 is 5.32 Å². The van der Waals surface area contributed by atoms with Gasteiger partial charge in [-0.2, -0.15) is 0 Å². The number of nitrogens with one attached hydrogen (secondary N) is 1. The SMILES string of the molecule is CC(C)(C)NC[C@H](O)c1cccc(-c2ccccc2F)n1. The number of aliphatic hydroxyl groups is 1. The van der Waals surface area contributed by atoms with E-state index in [-0.39, 0.29) is 11.4 Å². The standard InChI is InChI=1S/C17H21FN2O/c1-17(2,3)19-11-16(21)15-10-6-9-14(20-15)12-7-4-5-8-13(12)18/h4-10,16,19,21H,11H2,1-3H3/t16-/m0/s1. The Hall–Kier alpha value is -1.78. The quantitative estimate of drug-likeness (QED) is 0.907.